The van der Waals surface area contributed by atoms with Gasteiger partial charge in [-0.05, 0) is 24.6 Å². The van der Waals surface area contributed by atoms with Gasteiger partial charge in [-0.25, -0.2) is 8.78 Å². The molecular weight excluding hydrogens is 228 g/mol. The molecule has 1 aliphatic rings. The minimum absolute atomic E-state index is 0.0823. The number of fused-ring (bicyclic) bond motifs is 1. The Balaban J connectivity index is 2.30. The number of nitrogens with one attached hydrogen (secondary N) is 1. The first-order chi connectivity index (χ1) is 7.72. The maximum atomic E-state index is 13.5. The maximum absolute atomic E-state index is 13.5. The topological polar surface area (TPSA) is 12.0 Å². The minimum Gasteiger partial charge on any atom is -0.309 e. The second-order valence-electron chi connectivity index (χ2n) is 3.98. The highest BCUT2D eigenvalue weighted by Gasteiger charge is 2.23. The average molecular weight is 243 g/mol. The summed E-state index contributed by atoms with van der Waals surface area (Å²) in [4.78, 5) is 0. The lowest BCUT2D eigenvalue weighted by Crippen LogP contribution is -2.27. The molecule has 1 aromatic rings. The molecule has 0 saturated heterocycles. The van der Waals surface area contributed by atoms with Crippen molar-refractivity contribution >= 4 is 11.8 Å². The summed E-state index contributed by atoms with van der Waals surface area (Å²) in [5, 5.41) is 3.33. The summed E-state index contributed by atoms with van der Waals surface area (Å²) >= 11 is 1.69. The fourth-order valence-electron chi connectivity index (χ4n) is 1.94. The van der Waals surface area contributed by atoms with Crippen molar-refractivity contribution in [1.29, 1.82) is 0 Å². The number of hydrogen-bond acceptors (Lipinski definition) is 2. The van der Waals surface area contributed by atoms with Gasteiger partial charge in [-0.15, -0.1) is 0 Å². The van der Waals surface area contributed by atoms with Crippen molar-refractivity contribution in [2.24, 2.45) is 0 Å². The monoisotopic (exact) mass is 243 g/mol. The molecule has 2 rings (SSSR count). The second kappa shape index (κ2) is 5.15. The van der Waals surface area contributed by atoms with E-state index < -0.39 is 11.6 Å². The zero-order valence-corrected chi connectivity index (χ0v) is 10.0. The highest BCUT2D eigenvalue weighted by molar-refractivity contribution is 7.98. The molecular formula is C12H15F2NS. The molecule has 0 saturated carbocycles. The standard InChI is InChI=1S/C12H15F2NS/c1-2-3-15-12-7-16-6-10-9(12)4-8(13)5-11(10)14/h4-5,12,15H,2-3,6-7H2,1H3. The van der Waals surface area contributed by atoms with E-state index in [1.165, 1.54) is 6.07 Å². The Bertz CT molecular complexity index is 382. The van der Waals surface area contributed by atoms with Gasteiger partial charge in [0.15, 0.2) is 0 Å². The fraction of sp³-hybridized carbons (Fsp3) is 0.500. The van der Waals surface area contributed by atoms with Crippen LogP contribution in [0.3, 0.4) is 0 Å². The first kappa shape index (κ1) is 11.9. The van der Waals surface area contributed by atoms with Gasteiger partial charge >= 0.3 is 0 Å². The van der Waals surface area contributed by atoms with Gasteiger partial charge in [0.25, 0.3) is 0 Å². The van der Waals surface area contributed by atoms with E-state index >= 15 is 0 Å². The van der Waals surface area contributed by atoms with Gasteiger partial charge < -0.3 is 5.32 Å². The average Bonchev–Trinajstić information content (AvgIpc) is 2.26. The third kappa shape index (κ3) is 2.38. The van der Waals surface area contributed by atoms with Crippen molar-refractivity contribution in [1.82, 2.24) is 5.32 Å². The molecule has 0 spiro atoms. The van der Waals surface area contributed by atoms with Crippen molar-refractivity contribution in [2.45, 2.75) is 25.1 Å². The van der Waals surface area contributed by atoms with Gasteiger partial charge in [0.05, 0.1) is 0 Å². The van der Waals surface area contributed by atoms with Crippen molar-refractivity contribution in [3.8, 4) is 0 Å². The van der Waals surface area contributed by atoms with Crippen molar-refractivity contribution in [2.75, 3.05) is 12.3 Å². The zero-order chi connectivity index (χ0) is 11.5. The minimum atomic E-state index is -0.480. The molecule has 1 nitrogen and oxygen atoms in total. The quantitative estimate of drug-likeness (QED) is 0.874. The summed E-state index contributed by atoms with van der Waals surface area (Å²) in [7, 11) is 0. The van der Waals surface area contributed by atoms with Crippen molar-refractivity contribution in [3.63, 3.8) is 0 Å². The highest BCUT2D eigenvalue weighted by atomic mass is 32.2. The van der Waals surface area contributed by atoms with Gasteiger partial charge in [0.1, 0.15) is 11.6 Å². The van der Waals surface area contributed by atoms with Crippen LogP contribution >= 0.6 is 11.8 Å². The van der Waals surface area contributed by atoms with E-state index in [0.717, 1.165) is 30.3 Å². The van der Waals surface area contributed by atoms with E-state index in [4.69, 9.17) is 0 Å². The number of halogens is 2. The summed E-state index contributed by atoms with van der Waals surface area (Å²) in [6, 6.07) is 2.52. The SMILES string of the molecule is CCCNC1CSCc2c(F)cc(F)cc21. The van der Waals surface area contributed by atoms with Crippen LogP contribution in [0.25, 0.3) is 0 Å². The Labute approximate surface area is 98.6 Å². The van der Waals surface area contributed by atoms with Crippen LogP contribution in [0.15, 0.2) is 12.1 Å². The van der Waals surface area contributed by atoms with E-state index in [-0.39, 0.29) is 6.04 Å². The van der Waals surface area contributed by atoms with Gasteiger partial charge in [-0.1, -0.05) is 6.92 Å². The maximum Gasteiger partial charge on any atom is 0.130 e. The van der Waals surface area contributed by atoms with E-state index in [9.17, 15) is 8.78 Å². The highest BCUT2D eigenvalue weighted by Crippen LogP contribution is 2.33. The first-order valence-corrected chi connectivity index (χ1v) is 6.66. The molecule has 1 aliphatic heterocycles. The lowest BCUT2D eigenvalue weighted by molar-refractivity contribution is 0.536. The Morgan fingerprint density at radius 1 is 1.44 bits per heavy atom. The fourth-order valence-corrected chi connectivity index (χ4v) is 3.10. The van der Waals surface area contributed by atoms with Gasteiger partial charge in [0.2, 0.25) is 0 Å². The molecule has 1 aromatic carbocycles. The summed E-state index contributed by atoms with van der Waals surface area (Å²) in [6.45, 7) is 2.96. The van der Waals surface area contributed by atoms with Gasteiger partial charge in [-0.2, -0.15) is 11.8 Å². The molecule has 0 bridgehead atoms. The Morgan fingerprint density at radius 3 is 3.00 bits per heavy atom. The van der Waals surface area contributed by atoms with Crippen LogP contribution in [-0.4, -0.2) is 12.3 Å². The number of rotatable bonds is 3. The predicted molar refractivity (Wildman–Crippen MR) is 63.6 cm³/mol. The molecule has 1 unspecified atom stereocenters. The number of benzene rings is 1. The number of thioether (sulfide) groups is 1. The predicted octanol–water partition coefficient (Wildman–Crippen LogP) is 3.25. The summed E-state index contributed by atoms with van der Waals surface area (Å²) in [5.41, 5.74) is 1.45. The lowest BCUT2D eigenvalue weighted by Gasteiger charge is -2.26. The molecule has 88 valence electrons. The lowest BCUT2D eigenvalue weighted by atomic mass is 10.0. The summed E-state index contributed by atoms with van der Waals surface area (Å²) < 4.78 is 26.7. The second-order valence-corrected chi connectivity index (χ2v) is 5.01. The molecule has 0 fully saturated rings. The van der Waals surface area contributed by atoms with Crippen LogP contribution in [0.2, 0.25) is 0 Å². The van der Waals surface area contributed by atoms with Crippen LogP contribution in [0.4, 0.5) is 8.78 Å². The molecule has 1 N–H and O–H groups in total. The van der Waals surface area contributed by atoms with E-state index in [2.05, 4.69) is 12.2 Å². The molecule has 4 heteroatoms. The molecule has 0 radical (unpaired) electrons. The van der Waals surface area contributed by atoms with Crippen molar-refractivity contribution in [3.05, 3.63) is 34.9 Å². The molecule has 16 heavy (non-hydrogen) atoms. The van der Waals surface area contributed by atoms with Crippen LogP contribution in [0, 0.1) is 11.6 Å². The van der Waals surface area contributed by atoms with Crippen LogP contribution in [0.5, 0.6) is 0 Å². The van der Waals surface area contributed by atoms with Gasteiger partial charge in [-0.3, -0.25) is 0 Å². The van der Waals surface area contributed by atoms with Crippen LogP contribution in [-0.2, 0) is 5.75 Å². The molecule has 0 aromatic heterocycles. The van der Waals surface area contributed by atoms with E-state index in [1.54, 1.807) is 11.8 Å². The van der Waals surface area contributed by atoms with Crippen LogP contribution < -0.4 is 5.32 Å². The Kier molecular flexibility index (Phi) is 3.82. The third-order valence-corrected chi connectivity index (χ3v) is 3.80. The molecule has 0 aliphatic carbocycles. The Morgan fingerprint density at radius 2 is 2.25 bits per heavy atom. The molecule has 0 amide bonds. The molecule has 1 atom stereocenters. The normalized spacial score (nSPS) is 19.6. The smallest absolute Gasteiger partial charge is 0.130 e. The van der Waals surface area contributed by atoms with Crippen molar-refractivity contribution < 1.29 is 8.78 Å². The van der Waals surface area contributed by atoms with E-state index in [1.807, 2.05) is 0 Å². The zero-order valence-electron chi connectivity index (χ0n) is 9.22. The van der Waals surface area contributed by atoms with E-state index in [0.29, 0.717) is 11.3 Å². The Hall–Kier alpha value is -0.610. The molecule has 1 heterocycles. The number of hydrogen-bond donors (Lipinski definition) is 1. The summed E-state index contributed by atoms with van der Waals surface area (Å²) in [6.07, 6.45) is 1.02. The largest absolute Gasteiger partial charge is 0.309 e. The van der Waals surface area contributed by atoms with Crippen LogP contribution in [0.1, 0.15) is 30.5 Å². The summed E-state index contributed by atoms with van der Waals surface area (Å²) in [5.74, 6) is 0.638. The first-order valence-electron chi connectivity index (χ1n) is 5.51. The van der Waals surface area contributed by atoms with Gasteiger partial charge in [0, 0.05) is 29.2 Å². The third-order valence-electron chi connectivity index (χ3n) is 2.74.